The van der Waals surface area contributed by atoms with E-state index in [0.29, 0.717) is 17.5 Å². The number of fused-ring (bicyclic) bond motifs is 9. The van der Waals surface area contributed by atoms with E-state index in [9.17, 15) is 0 Å². The molecule has 0 fully saturated rings. The van der Waals surface area contributed by atoms with E-state index in [1.165, 1.54) is 27.1 Å². The number of hydrogen-bond acceptors (Lipinski definition) is 4. The van der Waals surface area contributed by atoms with Crippen LogP contribution in [-0.2, 0) is 0 Å². The summed E-state index contributed by atoms with van der Waals surface area (Å²) in [4.78, 5) is 15.1. The molecule has 0 radical (unpaired) electrons. The molecule has 0 N–H and O–H groups in total. The molecule has 5 nitrogen and oxygen atoms in total. The van der Waals surface area contributed by atoms with Crippen LogP contribution in [-0.4, -0.2) is 19.5 Å². The van der Waals surface area contributed by atoms with Crippen LogP contribution in [0.5, 0.6) is 0 Å². The highest BCUT2D eigenvalue weighted by Crippen LogP contribution is 2.41. The summed E-state index contributed by atoms with van der Waals surface area (Å²) < 4.78 is 9.16. The molecule has 5 heteroatoms. The van der Waals surface area contributed by atoms with Gasteiger partial charge in [-0.15, -0.1) is 0 Å². The minimum absolute atomic E-state index is 0.601. The number of hydrogen-bond donors (Lipinski definition) is 0. The molecular weight excluding hydrogens is 637 g/mol. The van der Waals surface area contributed by atoms with Gasteiger partial charge in [-0.3, -0.25) is 0 Å². The molecule has 3 heterocycles. The Bertz CT molecular complexity index is 3120. The van der Waals surface area contributed by atoms with Gasteiger partial charge < -0.3 is 8.98 Å². The summed E-state index contributed by atoms with van der Waals surface area (Å²) >= 11 is 0. The molecule has 242 valence electrons. The fourth-order valence-corrected chi connectivity index (χ4v) is 7.81. The van der Waals surface area contributed by atoms with E-state index >= 15 is 0 Å². The molecule has 11 aromatic rings. The van der Waals surface area contributed by atoms with Crippen molar-refractivity contribution in [2.24, 2.45) is 0 Å². The second-order valence-electron chi connectivity index (χ2n) is 13.2. The Labute approximate surface area is 298 Å². The average molecular weight is 665 g/mol. The smallest absolute Gasteiger partial charge is 0.164 e. The van der Waals surface area contributed by atoms with E-state index in [2.05, 4.69) is 114 Å². The van der Waals surface area contributed by atoms with Crippen LogP contribution in [0.4, 0.5) is 0 Å². The molecule has 0 unspecified atom stereocenters. The SMILES string of the molecule is c1ccc(-c2nc(-c3ccccc3)nc(-c3cc4oc5cc(-n6c7ccccc7c7cc8ccccc8cc76)ccc5c4c4ccccc34)n2)cc1. The maximum atomic E-state index is 6.80. The van der Waals surface area contributed by atoms with Crippen LogP contribution in [0.1, 0.15) is 0 Å². The van der Waals surface area contributed by atoms with E-state index in [-0.39, 0.29) is 0 Å². The second kappa shape index (κ2) is 11.2. The lowest BCUT2D eigenvalue weighted by atomic mass is 9.98. The van der Waals surface area contributed by atoms with Crippen LogP contribution >= 0.6 is 0 Å². The van der Waals surface area contributed by atoms with Crippen LogP contribution in [0.25, 0.3) is 105 Å². The number of rotatable bonds is 4. The monoisotopic (exact) mass is 664 g/mol. The fraction of sp³-hybridized carbons (Fsp3) is 0. The van der Waals surface area contributed by atoms with Crippen molar-refractivity contribution in [2.75, 3.05) is 0 Å². The third kappa shape index (κ3) is 4.39. The Balaban J connectivity index is 1.15. The molecule has 3 aromatic heterocycles. The molecule has 8 aromatic carbocycles. The average Bonchev–Trinajstić information content (AvgIpc) is 3.75. The van der Waals surface area contributed by atoms with Crippen LogP contribution in [0.2, 0.25) is 0 Å². The molecular formula is C47H28N4O. The van der Waals surface area contributed by atoms with Gasteiger partial charge in [0.2, 0.25) is 0 Å². The van der Waals surface area contributed by atoms with Gasteiger partial charge in [-0.2, -0.15) is 0 Å². The van der Waals surface area contributed by atoms with Crippen molar-refractivity contribution in [3.63, 3.8) is 0 Å². The van der Waals surface area contributed by atoms with Gasteiger partial charge in [-0.1, -0.05) is 127 Å². The fourth-order valence-electron chi connectivity index (χ4n) is 7.81. The molecule has 0 spiro atoms. The van der Waals surface area contributed by atoms with E-state index in [0.717, 1.165) is 60.6 Å². The third-order valence-electron chi connectivity index (χ3n) is 10.2. The predicted octanol–water partition coefficient (Wildman–Crippen LogP) is 12.2. The van der Waals surface area contributed by atoms with E-state index in [1.807, 2.05) is 60.7 Å². The Kier molecular flexibility index (Phi) is 6.18. The van der Waals surface area contributed by atoms with Crippen molar-refractivity contribution in [1.29, 1.82) is 0 Å². The first-order valence-electron chi connectivity index (χ1n) is 17.4. The lowest BCUT2D eigenvalue weighted by molar-refractivity contribution is 0.669. The zero-order valence-corrected chi connectivity index (χ0v) is 27.9. The van der Waals surface area contributed by atoms with Crippen LogP contribution in [0.3, 0.4) is 0 Å². The molecule has 0 aliphatic heterocycles. The number of benzene rings is 8. The summed E-state index contributed by atoms with van der Waals surface area (Å²) in [6.45, 7) is 0. The van der Waals surface area contributed by atoms with Crippen molar-refractivity contribution in [2.45, 2.75) is 0 Å². The van der Waals surface area contributed by atoms with Crippen LogP contribution in [0.15, 0.2) is 174 Å². The van der Waals surface area contributed by atoms with Crippen molar-refractivity contribution >= 4 is 65.3 Å². The van der Waals surface area contributed by atoms with Crippen molar-refractivity contribution in [1.82, 2.24) is 19.5 Å². The highest BCUT2D eigenvalue weighted by molar-refractivity contribution is 6.22. The summed E-state index contributed by atoms with van der Waals surface area (Å²) in [5.41, 5.74) is 7.76. The summed E-state index contributed by atoms with van der Waals surface area (Å²) in [5.74, 6) is 1.85. The predicted molar refractivity (Wildman–Crippen MR) is 213 cm³/mol. The highest BCUT2D eigenvalue weighted by Gasteiger charge is 2.20. The summed E-state index contributed by atoms with van der Waals surface area (Å²) in [7, 11) is 0. The van der Waals surface area contributed by atoms with Crippen molar-refractivity contribution in [3.05, 3.63) is 170 Å². The maximum absolute atomic E-state index is 6.80. The van der Waals surface area contributed by atoms with Gasteiger partial charge in [0.1, 0.15) is 11.2 Å². The zero-order valence-electron chi connectivity index (χ0n) is 27.9. The number of para-hydroxylation sites is 1. The first kappa shape index (κ1) is 28.7. The summed E-state index contributed by atoms with van der Waals surface area (Å²) in [5, 5.41) is 9.20. The quantitative estimate of drug-likeness (QED) is 0.188. The number of aromatic nitrogens is 4. The lowest BCUT2D eigenvalue weighted by Gasteiger charge is -2.11. The van der Waals surface area contributed by atoms with Gasteiger partial charge in [-0.25, -0.2) is 15.0 Å². The lowest BCUT2D eigenvalue weighted by Crippen LogP contribution is -2.00. The molecule has 0 aliphatic rings. The molecule has 0 atom stereocenters. The molecule has 11 rings (SSSR count). The highest BCUT2D eigenvalue weighted by atomic mass is 16.3. The molecule has 0 saturated heterocycles. The summed E-state index contributed by atoms with van der Waals surface area (Å²) in [6, 6.07) is 59.1. The summed E-state index contributed by atoms with van der Waals surface area (Å²) in [6.07, 6.45) is 0. The standard InChI is InChI=1S/C47H28N4O/c1-3-13-29(14-4-1)45-48-46(30-15-5-2-6-16-30)50-47(49-45)39-28-43-44(36-21-10-9-19-34(36)39)37-24-23-33(27-42(37)52-43)51-40-22-12-11-20-35(40)38-25-31-17-7-8-18-32(31)26-41(38)51/h1-28H. The number of nitrogens with zero attached hydrogens (tertiary/aromatic N) is 4. The minimum Gasteiger partial charge on any atom is -0.456 e. The Hall–Kier alpha value is -7.11. The van der Waals surface area contributed by atoms with E-state index in [4.69, 9.17) is 19.4 Å². The van der Waals surface area contributed by atoms with E-state index < -0.39 is 0 Å². The Morgan fingerprint density at radius 3 is 1.71 bits per heavy atom. The first-order chi connectivity index (χ1) is 25.8. The Morgan fingerprint density at radius 2 is 0.981 bits per heavy atom. The van der Waals surface area contributed by atoms with Crippen molar-refractivity contribution < 1.29 is 4.42 Å². The third-order valence-corrected chi connectivity index (χ3v) is 10.2. The zero-order chi connectivity index (χ0) is 34.2. The van der Waals surface area contributed by atoms with Crippen molar-refractivity contribution in [3.8, 4) is 39.9 Å². The second-order valence-corrected chi connectivity index (χ2v) is 13.2. The van der Waals surface area contributed by atoms with Gasteiger partial charge in [0.05, 0.1) is 11.0 Å². The first-order valence-corrected chi connectivity index (χ1v) is 17.4. The molecule has 0 saturated carbocycles. The normalized spacial score (nSPS) is 11.8. The topological polar surface area (TPSA) is 56.7 Å². The van der Waals surface area contributed by atoms with Gasteiger partial charge >= 0.3 is 0 Å². The molecule has 0 bridgehead atoms. The van der Waals surface area contributed by atoms with E-state index in [1.54, 1.807) is 0 Å². The maximum Gasteiger partial charge on any atom is 0.164 e. The van der Waals surface area contributed by atoms with Gasteiger partial charge in [-0.05, 0) is 57.9 Å². The van der Waals surface area contributed by atoms with Crippen LogP contribution in [0, 0.1) is 0 Å². The van der Waals surface area contributed by atoms with Gasteiger partial charge in [0.15, 0.2) is 17.5 Å². The number of furan rings is 1. The van der Waals surface area contributed by atoms with Gasteiger partial charge in [0.25, 0.3) is 0 Å². The molecule has 0 aliphatic carbocycles. The van der Waals surface area contributed by atoms with Gasteiger partial charge in [0, 0.05) is 50.0 Å². The van der Waals surface area contributed by atoms with Crippen LogP contribution < -0.4 is 0 Å². The molecule has 0 amide bonds. The Morgan fingerprint density at radius 1 is 0.385 bits per heavy atom. The minimum atomic E-state index is 0.601. The largest absolute Gasteiger partial charge is 0.456 e. The molecule has 52 heavy (non-hydrogen) atoms.